The summed E-state index contributed by atoms with van der Waals surface area (Å²) in [6.45, 7) is 3.51. The number of hydrogen-bond acceptors (Lipinski definition) is 6. The molecule has 4 rings (SSSR count). The van der Waals surface area contributed by atoms with Gasteiger partial charge < -0.3 is 15.0 Å². The summed E-state index contributed by atoms with van der Waals surface area (Å²) in [7, 11) is -3.60. The Balaban J connectivity index is 1.42. The van der Waals surface area contributed by atoms with Crippen LogP contribution in [0.1, 0.15) is 19.8 Å². The van der Waals surface area contributed by atoms with E-state index in [-0.39, 0.29) is 27.3 Å². The Kier molecular flexibility index (Phi) is 6.94. The number of amides is 1. The summed E-state index contributed by atoms with van der Waals surface area (Å²) in [5, 5.41) is 3.58. The summed E-state index contributed by atoms with van der Waals surface area (Å²) >= 11 is 7.44. The van der Waals surface area contributed by atoms with Crippen LogP contribution < -0.4 is 10.1 Å². The van der Waals surface area contributed by atoms with Gasteiger partial charge in [0.05, 0.1) is 39.0 Å². The Bertz CT molecular complexity index is 1240. The highest BCUT2D eigenvalue weighted by atomic mass is 35.5. The lowest BCUT2D eigenvalue weighted by atomic mass is 10.3. The van der Waals surface area contributed by atoms with E-state index in [9.17, 15) is 13.2 Å². The fourth-order valence-corrected chi connectivity index (χ4v) is 5.84. The Labute approximate surface area is 195 Å². The highest BCUT2D eigenvalue weighted by Gasteiger charge is 2.27. The van der Waals surface area contributed by atoms with Crippen molar-refractivity contribution < 1.29 is 17.9 Å². The first-order chi connectivity index (χ1) is 15.4. The number of thioether (sulfide) groups is 1. The molecule has 2 aromatic carbocycles. The first kappa shape index (κ1) is 22.9. The zero-order valence-corrected chi connectivity index (χ0v) is 19.8. The lowest BCUT2D eigenvalue weighted by Gasteiger charge is -2.16. The van der Waals surface area contributed by atoms with Crippen molar-refractivity contribution in [1.29, 1.82) is 0 Å². The minimum absolute atomic E-state index is 0.0809. The number of fused-ring (bicyclic) bond motifs is 1. The number of aromatic nitrogens is 2. The van der Waals surface area contributed by atoms with E-state index in [1.54, 1.807) is 0 Å². The molecule has 2 heterocycles. The van der Waals surface area contributed by atoms with Crippen molar-refractivity contribution in [3.8, 4) is 5.75 Å². The van der Waals surface area contributed by atoms with Gasteiger partial charge in [0.1, 0.15) is 5.75 Å². The maximum atomic E-state index is 12.8. The van der Waals surface area contributed by atoms with Crippen molar-refractivity contribution in [2.24, 2.45) is 0 Å². The van der Waals surface area contributed by atoms with Crippen molar-refractivity contribution in [2.75, 3.05) is 30.8 Å². The lowest BCUT2D eigenvalue weighted by molar-refractivity contribution is -0.113. The van der Waals surface area contributed by atoms with Crippen molar-refractivity contribution in [3.05, 3.63) is 41.4 Å². The number of sulfonamides is 1. The molecule has 2 N–H and O–H groups in total. The molecule has 1 amide bonds. The minimum Gasteiger partial charge on any atom is -0.494 e. The van der Waals surface area contributed by atoms with Crippen LogP contribution in [0.2, 0.25) is 5.02 Å². The molecule has 3 aromatic rings. The third-order valence-corrected chi connectivity index (χ3v) is 8.09. The fourth-order valence-electron chi connectivity index (χ4n) is 3.45. The molecule has 1 fully saturated rings. The second-order valence-electron chi connectivity index (χ2n) is 7.24. The van der Waals surface area contributed by atoms with Crippen LogP contribution in [0.3, 0.4) is 0 Å². The molecule has 0 aliphatic carbocycles. The summed E-state index contributed by atoms with van der Waals surface area (Å²) in [4.78, 5) is 20.2. The molecule has 0 unspecified atom stereocenters. The van der Waals surface area contributed by atoms with Gasteiger partial charge in [-0.3, -0.25) is 4.79 Å². The molecule has 1 aliphatic rings. The molecule has 0 radical (unpaired) electrons. The zero-order valence-electron chi connectivity index (χ0n) is 17.4. The number of hydrogen-bond donors (Lipinski definition) is 2. The average molecular weight is 495 g/mol. The predicted octanol–water partition coefficient (Wildman–Crippen LogP) is 4.13. The van der Waals surface area contributed by atoms with Crippen molar-refractivity contribution in [2.45, 2.75) is 29.8 Å². The summed E-state index contributed by atoms with van der Waals surface area (Å²) < 4.78 is 32.5. The van der Waals surface area contributed by atoms with Crippen LogP contribution >= 0.6 is 23.4 Å². The largest absolute Gasteiger partial charge is 0.494 e. The van der Waals surface area contributed by atoms with Gasteiger partial charge in [0.25, 0.3) is 0 Å². The standard InChI is InChI=1S/C21H23ClN4O4S2/c1-2-30-14-5-8-17-19(11-14)25-21(24-17)31-13-20(27)23-18-12-15(6-7-16(18)22)32(28,29)26-9-3-4-10-26/h5-8,11-12H,2-4,9-10,13H2,1H3,(H,23,27)(H,24,25). The number of carbonyl (C=O) groups is 1. The number of halogens is 1. The minimum atomic E-state index is -3.60. The number of nitrogens with one attached hydrogen (secondary N) is 2. The highest BCUT2D eigenvalue weighted by molar-refractivity contribution is 7.99. The Morgan fingerprint density at radius 2 is 2.03 bits per heavy atom. The van der Waals surface area contributed by atoms with E-state index in [0.29, 0.717) is 24.9 Å². The van der Waals surface area contributed by atoms with Gasteiger partial charge >= 0.3 is 0 Å². The number of carbonyl (C=O) groups excluding carboxylic acids is 1. The van der Waals surface area contributed by atoms with Crippen molar-refractivity contribution in [3.63, 3.8) is 0 Å². The quantitative estimate of drug-likeness (QED) is 0.456. The van der Waals surface area contributed by atoms with E-state index in [1.165, 1.54) is 34.3 Å². The fraction of sp³-hybridized carbons (Fsp3) is 0.333. The molecule has 0 atom stereocenters. The number of imidazole rings is 1. The van der Waals surface area contributed by atoms with Crippen LogP contribution in [0.15, 0.2) is 46.5 Å². The van der Waals surface area contributed by atoms with Gasteiger partial charge in [-0.2, -0.15) is 4.31 Å². The number of H-pyrrole nitrogens is 1. The summed E-state index contributed by atoms with van der Waals surface area (Å²) in [5.41, 5.74) is 1.87. The molecule has 8 nitrogen and oxygen atoms in total. The summed E-state index contributed by atoms with van der Waals surface area (Å²) in [6.07, 6.45) is 1.70. The Morgan fingerprint density at radius 3 is 2.78 bits per heavy atom. The van der Waals surface area contributed by atoms with Gasteiger partial charge in [-0.25, -0.2) is 13.4 Å². The van der Waals surface area contributed by atoms with Crippen LogP contribution in [0.25, 0.3) is 11.0 Å². The Morgan fingerprint density at radius 1 is 1.25 bits per heavy atom. The predicted molar refractivity (Wildman–Crippen MR) is 126 cm³/mol. The van der Waals surface area contributed by atoms with E-state index < -0.39 is 10.0 Å². The zero-order chi connectivity index (χ0) is 22.7. The third kappa shape index (κ3) is 5.03. The van der Waals surface area contributed by atoms with Crippen LogP contribution in [-0.4, -0.2) is 54.0 Å². The van der Waals surface area contributed by atoms with Gasteiger partial charge in [-0.15, -0.1) is 0 Å². The van der Waals surface area contributed by atoms with E-state index in [0.717, 1.165) is 29.6 Å². The molecular formula is C21H23ClN4O4S2. The topological polar surface area (TPSA) is 104 Å². The number of nitrogens with zero attached hydrogens (tertiary/aromatic N) is 2. The van der Waals surface area contributed by atoms with Gasteiger partial charge in [0.2, 0.25) is 15.9 Å². The van der Waals surface area contributed by atoms with Gasteiger partial charge in [-0.05, 0) is 50.1 Å². The smallest absolute Gasteiger partial charge is 0.243 e. The summed E-state index contributed by atoms with van der Waals surface area (Å²) in [5.74, 6) is 0.511. The number of ether oxygens (including phenoxy) is 1. The lowest BCUT2D eigenvalue weighted by Crippen LogP contribution is -2.28. The van der Waals surface area contributed by atoms with E-state index in [2.05, 4.69) is 15.3 Å². The van der Waals surface area contributed by atoms with Gasteiger partial charge in [0, 0.05) is 19.2 Å². The molecule has 32 heavy (non-hydrogen) atoms. The highest BCUT2D eigenvalue weighted by Crippen LogP contribution is 2.29. The maximum absolute atomic E-state index is 12.8. The maximum Gasteiger partial charge on any atom is 0.243 e. The summed E-state index contributed by atoms with van der Waals surface area (Å²) in [6, 6.07) is 9.93. The number of rotatable bonds is 8. The van der Waals surface area contributed by atoms with Crippen LogP contribution in [0, 0.1) is 0 Å². The van der Waals surface area contributed by atoms with E-state index >= 15 is 0 Å². The van der Waals surface area contributed by atoms with Crippen LogP contribution in [0.4, 0.5) is 5.69 Å². The molecule has 170 valence electrons. The molecule has 0 bridgehead atoms. The molecular weight excluding hydrogens is 472 g/mol. The first-order valence-electron chi connectivity index (χ1n) is 10.2. The molecule has 0 spiro atoms. The van der Waals surface area contributed by atoms with Gasteiger partial charge in [0.15, 0.2) is 5.16 Å². The molecule has 11 heteroatoms. The Hall–Kier alpha value is -2.27. The third-order valence-electron chi connectivity index (χ3n) is 5.00. The van der Waals surface area contributed by atoms with Crippen LogP contribution in [-0.2, 0) is 14.8 Å². The monoisotopic (exact) mass is 494 g/mol. The van der Waals surface area contributed by atoms with E-state index in [1.807, 2.05) is 25.1 Å². The van der Waals surface area contributed by atoms with Crippen molar-refractivity contribution >= 4 is 56.0 Å². The van der Waals surface area contributed by atoms with Crippen molar-refractivity contribution in [1.82, 2.24) is 14.3 Å². The molecule has 0 saturated carbocycles. The van der Waals surface area contributed by atoms with E-state index in [4.69, 9.17) is 16.3 Å². The molecule has 1 aromatic heterocycles. The number of aromatic amines is 1. The van der Waals surface area contributed by atoms with Crippen LogP contribution in [0.5, 0.6) is 5.75 Å². The molecule has 1 aliphatic heterocycles. The SMILES string of the molecule is CCOc1ccc2nc(SCC(=O)Nc3cc(S(=O)(=O)N4CCCC4)ccc3Cl)[nH]c2c1. The second kappa shape index (κ2) is 9.70. The van der Waals surface area contributed by atoms with Gasteiger partial charge in [-0.1, -0.05) is 23.4 Å². The number of benzene rings is 2. The first-order valence-corrected chi connectivity index (χ1v) is 13.0. The average Bonchev–Trinajstić information content (AvgIpc) is 3.44. The molecule has 1 saturated heterocycles. The second-order valence-corrected chi connectivity index (χ2v) is 10.6. The normalized spacial score (nSPS) is 14.7. The number of anilines is 1.